The largest absolute Gasteiger partial charge is 0.507 e. The van der Waals surface area contributed by atoms with E-state index in [1.165, 1.54) is 4.90 Å². The number of halogens is 1. The third-order valence-electron chi connectivity index (χ3n) is 6.42. The summed E-state index contributed by atoms with van der Waals surface area (Å²) in [5.41, 5.74) is 4.07. The normalized spacial score (nSPS) is 16.6. The highest BCUT2D eigenvalue weighted by atomic mass is 35.5. The number of carbonyl (C=O) groups is 2. The SMILES string of the molecule is Cc1cccc(COc2ccc(/C(O)=C3\C(=O)C(=O)N(Cc4cccnc4)[C@H]3c3ccc(Cl)cc3)cc2)c1. The predicted molar refractivity (Wildman–Crippen MR) is 145 cm³/mol. The number of pyridine rings is 1. The molecule has 1 amide bonds. The molecular formula is C31H25ClN2O4. The Morgan fingerprint density at radius 2 is 1.71 bits per heavy atom. The number of ether oxygens (including phenoxy) is 1. The Kier molecular flexibility index (Phi) is 7.24. The molecule has 2 heterocycles. The zero-order chi connectivity index (χ0) is 26.6. The van der Waals surface area contributed by atoms with Gasteiger partial charge in [-0.2, -0.15) is 0 Å². The number of aromatic nitrogens is 1. The number of rotatable bonds is 7. The molecule has 4 aromatic rings. The Morgan fingerprint density at radius 3 is 2.39 bits per heavy atom. The lowest BCUT2D eigenvalue weighted by Crippen LogP contribution is -2.29. The van der Waals surface area contributed by atoms with Gasteiger partial charge in [-0.25, -0.2) is 0 Å². The number of Topliss-reactive ketones (excluding diaryl/α,β-unsaturated/α-hetero) is 1. The van der Waals surface area contributed by atoms with Crippen LogP contribution in [0.3, 0.4) is 0 Å². The van der Waals surface area contributed by atoms with Crippen LogP contribution in [0.4, 0.5) is 0 Å². The molecule has 0 unspecified atom stereocenters. The molecule has 190 valence electrons. The number of carbonyl (C=O) groups excluding carboxylic acids is 2. The van der Waals surface area contributed by atoms with Crippen molar-refractivity contribution in [2.24, 2.45) is 0 Å². The molecule has 0 radical (unpaired) electrons. The highest BCUT2D eigenvalue weighted by Crippen LogP contribution is 2.40. The van der Waals surface area contributed by atoms with Crippen LogP contribution in [0.25, 0.3) is 5.76 Å². The minimum absolute atomic E-state index is 0.0228. The van der Waals surface area contributed by atoms with Crippen molar-refractivity contribution >= 4 is 29.1 Å². The summed E-state index contributed by atoms with van der Waals surface area (Å²) in [5, 5.41) is 11.8. The number of amides is 1. The average Bonchev–Trinajstić information content (AvgIpc) is 3.18. The molecule has 1 aromatic heterocycles. The molecule has 7 heteroatoms. The second-order valence-electron chi connectivity index (χ2n) is 9.14. The van der Waals surface area contributed by atoms with Crippen LogP contribution < -0.4 is 4.74 Å². The molecule has 38 heavy (non-hydrogen) atoms. The first-order valence-electron chi connectivity index (χ1n) is 12.1. The fourth-order valence-electron chi connectivity index (χ4n) is 4.56. The fourth-order valence-corrected chi connectivity index (χ4v) is 4.68. The van der Waals surface area contributed by atoms with Crippen LogP contribution in [0.15, 0.2) is 103 Å². The summed E-state index contributed by atoms with van der Waals surface area (Å²) < 4.78 is 5.89. The highest BCUT2D eigenvalue weighted by molar-refractivity contribution is 6.46. The van der Waals surface area contributed by atoms with E-state index in [4.69, 9.17) is 16.3 Å². The highest BCUT2D eigenvalue weighted by Gasteiger charge is 2.46. The minimum atomic E-state index is -0.787. The first-order valence-corrected chi connectivity index (χ1v) is 12.5. The molecule has 3 aromatic carbocycles. The maximum Gasteiger partial charge on any atom is 0.295 e. The molecule has 0 spiro atoms. The quantitative estimate of drug-likeness (QED) is 0.176. The van der Waals surface area contributed by atoms with Crippen LogP contribution in [-0.2, 0) is 22.7 Å². The summed E-state index contributed by atoms with van der Waals surface area (Å²) >= 11 is 6.09. The standard InChI is InChI=1S/C31H25ClN2O4/c1-20-4-2-5-21(16-20)19-38-26-13-9-24(10-14-26)29(35)27-28(23-7-11-25(32)12-8-23)34(31(37)30(27)36)18-22-6-3-15-33-17-22/h2-17,28,35H,18-19H2,1H3/b29-27+/t28-/m0/s1. The molecule has 0 saturated carbocycles. The zero-order valence-electron chi connectivity index (χ0n) is 20.7. The molecule has 0 aliphatic carbocycles. The molecule has 1 aliphatic heterocycles. The minimum Gasteiger partial charge on any atom is -0.507 e. The van der Waals surface area contributed by atoms with Gasteiger partial charge in [-0.15, -0.1) is 0 Å². The van der Waals surface area contributed by atoms with Crippen LogP contribution in [0.5, 0.6) is 5.75 Å². The van der Waals surface area contributed by atoms with E-state index < -0.39 is 17.7 Å². The van der Waals surface area contributed by atoms with E-state index in [2.05, 4.69) is 11.1 Å². The number of aliphatic hydroxyl groups is 1. The number of benzene rings is 3. The summed E-state index contributed by atoms with van der Waals surface area (Å²) in [4.78, 5) is 32.0. The Hall–Kier alpha value is -4.42. The van der Waals surface area contributed by atoms with Crippen LogP contribution >= 0.6 is 11.6 Å². The van der Waals surface area contributed by atoms with Crippen LogP contribution in [0, 0.1) is 6.92 Å². The molecule has 1 saturated heterocycles. The van der Waals surface area contributed by atoms with Gasteiger partial charge in [-0.05, 0) is 66.1 Å². The third-order valence-corrected chi connectivity index (χ3v) is 6.67. The van der Waals surface area contributed by atoms with E-state index in [0.29, 0.717) is 28.5 Å². The number of hydrogen-bond donors (Lipinski definition) is 1. The summed E-state index contributed by atoms with van der Waals surface area (Å²) in [6.07, 6.45) is 3.29. The van der Waals surface area contributed by atoms with E-state index in [0.717, 1.165) is 16.7 Å². The van der Waals surface area contributed by atoms with Gasteiger partial charge in [-0.1, -0.05) is 59.6 Å². The van der Waals surface area contributed by atoms with Crippen molar-refractivity contribution < 1.29 is 19.4 Å². The number of likely N-dealkylation sites (tertiary alicyclic amines) is 1. The summed E-state index contributed by atoms with van der Waals surface area (Å²) in [6, 6.07) is 24.6. The Labute approximate surface area is 225 Å². The summed E-state index contributed by atoms with van der Waals surface area (Å²) in [6.45, 7) is 2.59. The van der Waals surface area contributed by atoms with E-state index in [1.54, 1.807) is 67.0 Å². The van der Waals surface area contributed by atoms with E-state index >= 15 is 0 Å². The van der Waals surface area contributed by atoms with Gasteiger partial charge in [-0.3, -0.25) is 14.6 Å². The topological polar surface area (TPSA) is 79.7 Å². The molecule has 5 rings (SSSR count). The van der Waals surface area contributed by atoms with Crippen molar-refractivity contribution in [2.75, 3.05) is 0 Å². The molecule has 1 fully saturated rings. The van der Waals surface area contributed by atoms with Crippen LogP contribution in [0.1, 0.15) is 33.9 Å². The van der Waals surface area contributed by atoms with Crippen molar-refractivity contribution in [1.82, 2.24) is 9.88 Å². The molecule has 0 bridgehead atoms. The number of nitrogens with zero attached hydrogens (tertiary/aromatic N) is 2. The second kappa shape index (κ2) is 10.9. The molecule has 1 N–H and O–H groups in total. The maximum absolute atomic E-state index is 13.2. The lowest BCUT2D eigenvalue weighted by atomic mass is 9.95. The lowest BCUT2D eigenvalue weighted by Gasteiger charge is -2.25. The number of aryl methyl sites for hydroxylation is 1. The summed E-state index contributed by atoms with van der Waals surface area (Å²) in [5.74, 6) is -1.06. The first-order chi connectivity index (χ1) is 18.4. The maximum atomic E-state index is 13.2. The Balaban J connectivity index is 1.47. The van der Waals surface area contributed by atoms with Gasteiger partial charge in [0.05, 0.1) is 11.6 Å². The van der Waals surface area contributed by atoms with Gasteiger partial charge < -0.3 is 14.7 Å². The molecular weight excluding hydrogens is 500 g/mol. The first kappa shape index (κ1) is 25.2. The second-order valence-corrected chi connectivity index (χ2v) is 9.58. The van der Waals surface area contributed by atoms with Crippen molar-refractivity contribution in [3.05, 3.63) is 136 Å². The van der Waals surface area contributed by atoms with Crippen molar-refractivity contribution in [3.63, 3.8) is 0 Å². The monoisotopic (exact) mass is 524 g/mol. The zero-order valence-corrected chi connectivity index (χ0v) is 21.4. The summed E-state index contributed by atoms with van der Waals surface area (Å²) in [7, 11) is 0. The van der Waals surface area contributed by atoms with Gasteiger partial charge in [0.1, 0.15) is 18.1 Å². The van der Waals surface area contributed by atoms with Crippen LogP contribution in [-0.4, -0.2) is 26.7 Å². The van der Waals surface area contributed by atoms with Crippen LogP contribution in [0.2, 0.25) is 5.02 Å². The van der Waals surface area contributed by atoms with Gasteiger partial charge in [0.15, 0.2) is 0 Å². The van der Waals surface area contributed by atoms with Crippen molar-refractivity contribution in [1.29, 1.82) is 0 Å². The van der Waals surface area contributed by atoms with Crippen molar-refractivity contribution in [3.8, 4) is 5.75 Å². The smallest absolute Gasteiger partial charge is 0.295 e. The third kappa shape index (κ3) is 5.31. The molecule has 6 nitrogen and oxygen atoms in total. The fraction of sp³-hybridized carbons (Fsp3) is 0.129. The van der Waals surface area contributed by atoms with E-state index in [1.807, 2.05) is 31.2 Å². The number of ketones is 1. The Bertz CT molecular complexity index is 1500. The van der Waals surface area contributed by atoms with Gasteiger partial charge in [0.25, 0.3) is 11.7 Å². The van der Waals surface area contributed by atoms with Gasteiger partial charge in [0.2, 0.25) is 0 Å². The van der Waals surface area contributed by atoms with Gasteiger partial charge in [0, 0.05) is 29.5 Å². The average molecular weight is 525 g/mol. The Morgan fingerprint density at radius 1 is 0.974 bits per heavy atom. The number of hydrogen-bond acceptors (Lipinski definition) is 5. The lowest BCUT2D eigenvalue weighted by molar-refractivity contribution is -0.140. The predicted octanol–water partition coefficient (Wildman–Crippen LogP) is 6.24. The molecule has 1 aliphatic rings. The number of aliphatic hydroxyl groups excluding tert-OH is 1. The van der Waals surface area contributed by atoms with E-state index in [-0.39, 0.29) is 17.9 Å². The van der Waals surface area contributed by atoms with Gasteiger partial charge >= 0.3 is 0 Å². The van der Waals surface area contributed by atoms with Crippen molar-refractivity contribution in [2.45, 2.75) is 26.1 Å². The molecule has 1 atom stereocenters. The van der Waals surface area contributed by atoms with E-state index in [9.17, 15) is 14.7 Å².